The quantitative estimate of drug-likeness (QED) is 0.940. The third kappa shape index (κ3) is 2.96. The fraction of sp³-hybridized carbons (Fsp3) is 0.467. The van der Waals surface area contributed by atoms with Gasteiger partial charge in [0.25, 0.3) is 0 Å². The maximum atomic E-state index is 11.9. The van der Waals surface area contributed by atoms with Crippen molar-refractivity contribution in [3.63, 3.8) is 0 Å². The van der Waals surface area contributed by atoms with Crippen LogP contribution >= 0.6 is 11.6 Å². The first-order valence-electron chi connectivity index (χ1n) is 7.14. The van der Waals surface area contributed by atoms with Gasteiger partial charge in [0.2, 0.25) is 5.91 Å². The van der Waals surface area contributed by atoms with Gasteiger partial charge in [0.1, 0.15) is 5.82 Å². The van der Waals surface area contributed by atoms with Gasteiger partial charge in [-0.2, -0.15) is 0 Å². The van der Waals surface area contributed by atoms with E-state index in [0.717, 1.165) is 55.6 Å². The van der Waals surface area contributed by atoms with Gasteiger partial charge in [0.15, 0.2) is 0 Å². The van der Waals surface area contributed by atoms with E-state index in [9.17, 15) is 4.79 Å². The number of imidazole rings is 1. The lowest BCUT2D eigenvalue weighted by molar-refractivity contribution is -0.130. The number of amides is 1. The summed E-state index contributed by atoms with van der Waals surface area (Å²) in [6.07, 6.45) is 4.54. The zero-order valence-corrected chi connectivity index (χ0v) is 12.1. The number of hydrogen-bond acceptors (Lipinski definition) is 2. The Balaban J connectivity index is 1.55. The van der Waals surface area contributed by atoms with Crippen LogP contribution in [-0.2, 0) is 11.2 Å². The highest BCUT2D eigenvalue weighted by Gasteiger charge is 2.17. The molecule has 0 spiro atoms. The van der Waals surface area contributed by atoms with Crippen LogP contribution in [0, 0.1) is 0 Å². The van der Waals surface area contributed by atoms with E-state index >= 15 is 0 Å². The number of rotatable bonds is 4. The molecule has 1 aliphatic heterocycles. The topological polar surface area (TPSA) is 49.0 Å². The molecule has 1 amide bonds. The summed E-state index contributed by atoms with van der Waals surface area (Å²) in [5.41, 5.74) is 1.88. The predicted molar refractivity (Wildman–Crippen MR) is 79.9 cm³/mol. The Morgan fingerprint density at radius 1 is 1.35 bits per heavy atom. The highest BCUT2D eigenvalue weighted by molar-refractivity contribution is 6.31. The van der Waals surface area contributed by atoms with Crippen LogP contribution in [0.15, 0.2) is 18.2 Å². The Morgan fingerprint density at radius 2 is 2.15 bits per heavy atom. The Bertz CT molecular complexity index is 617. The van der Waals surface area contributed by atoms with Crippen LogP contribution in [0.1, 0.15) is 31.5 Å². The molecule has 20 heavy (non-hydrogen) atoms. The van der Waals surface area contributed by atoms with Gasteiger partial charge in [0, 0.05) is 31.0 Å². The van der Waals surface area contributed by atoms with Crippen LogP contribution in [0.5, 0.6) is 0 Å². The maximum Gasteiger partial charge on any atom is 0.222 e. The van der Waals surface area contributed by atoms with Gasteiger partial charge in [-0.25, -0.2) is 4.98 Å². The molecule has 1 aliphatic rings. The average molecular weight is 292 g/mol. The molecule has 0 radical (unpaired) electrons. The highest BCUT2D eigenvalue weighted by atomic mass is 35.5. The van der Waals surface area contributed by atoms with Crippen LogP contribution < -0.4 is 0 Å². The SMILES string of the molecule is O=C(CCCc1nc2ccc(Cl)cc2[nH]1)N1CCCC1. The number of aryl methyl sites for hydroxylation is 1. The van der Waals surface area contributed by atoms with Crippen molar-refractivity contribution in [1.29, 1.82) is 0 Å². The molecule has 0 saturated carbocycles. The number of halogens is 1. The van der Waals surface area contributed by atoms with E-state index in [1.165, 1.54) is 0 Å². The highest BCUT2D eigenvalue weighted by Crippen LogP contribution is 2.18. The Hall–Kier alpha value is -1.55. The third-order valence-corrected chi connectivity index (χ3v) is 3.99. The molecule has 0 bridgehead atoms. The fourth-order valence-corrected chi connectivity index (χ4v) is 2.86. The minimum Gasteiger partial charge on any atom is -0.343 e. The van der Waals surface area contributed by atoms with E-state index in [2.05, 4.69) is 9.97 Å². The van der Waals surface area contributed by atoms with Crippen molar-refractivity contribution in [2.45, 2.75) is 32.1 Å². The molecule has 2 heterocycles. The normalized spacial score (nSPS) is 15.2. The summed E-state index contributed by atoms with van der Waals surface area (Å²) < 4.78 is 0. The molecule has 5 heteroatoms. The van der Waals surface area contributed by atoms with E-state index in [0.29, 0.717) is 11.4 Å². The van der Waals surface area contributed by atoms with Gasteiger partial charge in [-0.15, -0.1) is 0 Å². The first kappa shape index (κ1) is 13.4. The number of nitrogens with one attached hydrogen (secondary N) is 1. The smallest absolute Gasteiger partial charge is 0.222 e. The zero-order valence-electron chi connectivity index (χ0n) is 11.4. The van der Waals surface area contributed by atoms with Gasteiger partial charge in [-0.3, -0.25) is 4.79 Å². The number of hydrogen-bond donors (Lipinski definition) is 1. The molecule has 0 atom stereocenters. The molecule has 3 rings (SSSR count). The summed E-state index contributed by atoms with van der Waals surface area (Å²) in [4.78, 5) is 21.7. The van der Waals surface area contributed by atoms with Gasteiger partial charge >= 0.3 is 0 Å². The lowest BCUT2D eigenvalue weighted by atomic mass is 10.2. The third-order valence-electron chi connectivity index (χ3n) is 3.76. The molecule has 1 aromatic heterocycles. The number of carbonyl (C=O) groups is 1. The second-order valence-electron chi connectivity index (χ2n) is 5.29. The van der Waals surface area contributed by atoms with Crippen molar-refractivity contribution in [3.8, 4) is 0 Å². The summed E-state index contributed by atoms with van der Waals surface area (Å²) in [6, 6.07) is 5.63. The molecule has 1 N–H and O–H groups in total. The van der Waals surface area contributed by atoms with Crippen LogP contribution in [0.25, 0.3) is 11.0 Å². The van der Waals surface area contributed by atoms with Crippen molar-refractivity contribution >= 4 is 28.5 Å². The number of aromatic nitrogens is 2. The van der Waals surface area contributed by atoms with Crippen LogP contribution in [0.2, 0.25) is 5.02 Å². The zero-order chi connectivity index (χ0) is 13.9. The minimum absolute atomic E-state index is 0.279. The summed E-state index contributed by atoms with van der Waals surface area (Å²) in [6.45, 7) is 1.87. The standard InChI is InChI=1S/C15H18ClN3O/c16-11-6-7-12-13(10-11)18-14(17-12)4-3-5-15(20)19-8-1-2-9-19/h6-7,10H,1-5,8-9H2,(H,17,18). The second-order valence-corrected chi connectivity index (χ2v) is 5.72. The van der Waals surface area contributed by atoms with E-state index in [-0.39, 0.29) is 5.91 Å². The molecule has 4 nitrogen and oxygen atoms in total. The summed E-state index contributed by atoms with van der Waals surface area (Å²) in [5, 5.41) is 0.705. The summed E-state index contributed by atoms with van der Waals surface area (Å²) >= 11 is 5.95. The van der Waals surface area contributed by atoms with Crippen molar-refractivity contribution < 1.29 is 4.79 Å². The predicted octanol–water partition coefficient (Wildman–Crippen LogP) is 3.16. The summed E-state index contributed by atoms with van der Waals surface area (Å²) in [5.74, 6) is 1.21. The van der Waals surface area contributed by atoms with Crippen molar-refractivity contribution in [1.82, 2.24) is 14.9 Å². The Morgan fingerprint density at radius 3 is 2.95 bits per heavy atom. The van der Waals surface area contributed by atoms with Gasteiger partial charge in [-0.05, 0) is 37.5 Å². The molecule has 0 unspecified atom stereocenters. The lowest BCUT2D eigenvalue weighted by Gasteiger charge is -2.14. The molecule has 106 valence electrons. The number of benzene rings is 1. The number of nitrogens with zero attached hydrogens (tertiary/aromatic N) is 2. The van der Waals surface area contributed by atoms with Crippen LogP contribution in [0.4, 0.5) is 0 Å². The number of likely N-dealkylation sites (tertiary alicyclic amines) is 1. The monoisotopic (exact) mass is 291 g/mol. The Labute approximate surface area is 123 Å². The minimum atomic E-state index is 0.279. The number of H-pyrrole nitrogens is 1. The number of aromatic amines is 1. The number of fused-ring (bicyclic) bond motifs is 1. The first-order chi connectivity index (χ1) is 9.72. The van der Waals surface area contributed by atoms with E-state index in [1.807, 2.05) is 23.1 Å². The van der Waals surface area contributed by atoms with Gasteiger partial charge in [0.05, 0.1) is 11.0 Å². The molecular formula is C15H18ClN3O. The molecule has 1 aromatic carbocycles. The molecule has 1 saturated heterocycles. The molecular weight excluding hydrogens is 274 g/mol. The lowest BCUT2D eigenvalue weighted by Crippen LogP contribution is -2.27. The van der Waals surface area contributed by atoms with Gasteiger partial charge < -0.3 is 9.88 Å². The van der Waals surface area contributed by atoms with Crippen LogP contribution in [-0.4, -0.2) is 33.9 Å². The van der Waals surface area contributed by atoms with E-state index in [1.54, 1.807) is 0 Å². The van der Waals surface area contributed by atoms with Gasteiger partial charge in [-0.1, -0.05) is 11.6 Å². The van der Waals surface area contributed by atoms with Crippen LogP contribution in [0.3, 0.4) is 0 Å². The maximum absolute atomic E-state index is 11.9. The molecule has 2 aromatic rings. The summed E-state index contributed by atoms with van der Waals surface area (Å²) in [7, 11) is 0. The molecule has 1 fully saturated rings. The largest absolute Gasteiger partial charge is 0.343 e. The van der Waals surface area contributed by atoms with E-state index < -0.39 is 0 Å². The first-order valence-corrected chi connectivity index (χ1v) is 7.52. The number of carbonyl (C=O) groups excluding carboxylic acids is 1. The second kappa shape index (κ2) is 5.83. The van der Waals surface area contributed by atoms with Crippen molar-refractivity contribution in [3.05, 3.63) is 29.0 Å². The Kier molecular flexibility index (Phi) is 3.92. The van der Waals surface area contributed by atoms with E-state index in [4.69, 9.17) is 11.6 Å². The molecule has 0 aliphatic carbocycles. The average Bonchev–Trinajstić information content (AvgIpc) is 3.06. The van der Waals surface area contributed by atoms with Crippen molar-refractivity contribution in [2.24, 2.45) is 0 Å². The van der Waals surface area contributed by atoms with Crippen molar-refractivity contribution in [2.75, 3.05) is 13.1 Å². The fourth-order valence-electron chi connectivity index (χ4n) is 2.68.